The molecule has 1 nitrogen and oxygen atoms in total. The Bertz CT molecular complexity index is 485. The van der Waals surface area contributed by atoms with Gasteiger partial charge in [-0.15, -0.1) is 11.8 Å². The summed E-state index contributed by atoms with van der Waals surface area (Å²) in [6.45, 7) is 0.500. The number of rotatable bonds is 4. The minimum absolute atomic E-state index is 0.204. The molecule has 0 unspecified atom stereocenters. The fourth-order valence-corrected chi connectivity index (χ4v) is 1.97. The third kappa shape index (κ3) is 3.24. The number of halogens is 1. The second kappa shape index (κ2) is 5.73. The molecule has 2 aromatic carbocycles. The van der Waals surface area contributed by atoms with Crippen LogP contribution in [0.4, 0.5) is 4.39 Å². The van der Waals surface area contributed by atoms with E-state index in [0.717, 1.165) is 5.56 Å². The maximum atomic E-state index is 13.3. The fourth-order valence-electron chi connectivity index (χ4n) is 1.47. The minimum Gasteiger partial charge on any atom is -0.489 e. The highest BCUT2D eigenvalue weighted by Gasteiger charge is 2.03. The highest BCUT2D eigenvalue weighted by Crippen LogP contribution is 2.24. The summed E-state index contributed by atoms with van der Waals surface area (Å²) in [5.74, 6) is 0.490. The van der Waals surface area contributed by atoms with E-state index in [2.05, 4.69) is 0 Å². The van der Waals surface area contributed by atoms with Crippen molar-refractivity contribution in [2.45, 2.75) is 11.5 Å². The molecule has 0 fully saturated rings. The van der Waals surface area contributed by atoms with Gasteiger partial charge in [-0.3, -0.25) is 0 Å². The molecular weight excluding hydrogens is 235 g/mol. The highest BCUT2D eigenvalue weighted by molar-refractivity contribution is 7.98. The van der Waals surface area contributed by atoms with Gasteiger partial charge in [-0.25, -0.2) is 4.39 Å². The molecule has 2 aromatic rings. The molecule has 0 amide bonds. The molecule has 0 atom stereocenters. The van der Waals surface area contributed by atoms with Gasteiger partial charge in [-0.1, -0.05) is 30.3 Å². The van der Waals surface area contributed by atoms with Gasteiger partial charge in [0.2, 0.25) is 0 Å². The quantitative estimate of drug-likeness (QED) is 0.752. The van der Waals surface area contributed by atoms with E-state index >= 15 is 0 Å². The van der Waals surface area contributed by atoms with Crippen LogP contribution in [0, 0.1) is 5.82 Å². The van der Waals surface area contributed by atoms with Crippen LogP contribution in [0.3, 0.4) is 0 Å². The molecule has 0 aromatic heterocycles. The molecule has 0 bridgehead atoms. The topological polar surface area (TPSA) is 9.23 Å². The van der Waals surface area contributed by atoms with Crippen molar-refractivity contribution >= 4 is 11.8 Å². The molecule has 0 saturated carbocycles. The second-order valence-electron chi connectivity index (χ2n) is 3.57. The van der Waals surface area contributed by atoms with Gasteiger partial charge in [0.15, 0.2) is 0 Å². The summed E-state index contributed by atoms with van der Waals surface area (Å²) in [5, 5.41) is 0. The highest BCUT2D eigenvalue weighted by atomic mass is 32.2. The summed E-state index contributed by atoms with van der Waals surface area (Å²) in [7, 11) is 0. The molecule has 0 N–H and O–H groups in total. The van der Waals surface area contributed by atoms with Crippen LogP contribution in [0.1, 0.15) is 5.56 Å². The van der Waals surface area contributed by atoms with E-state index in [1.807, 2.05) is 36.6 Å². The Kier molecular flexibility index (Phi) is 4.04. The zero-order valence-electron chi connectivity index (χ0n) is 9.52. The van der Waals surface area contributed by atoms with Crippen LogP contribution in [0.2, 0.25) is 0 Å². The van der Waals surface area contributed by atoms with Crippen molar-refractivity contribution in [2.24, 2.45) is 0 Å². The van der Waals surface area contributed by atoms with Crippen molar-refractivity contribution in [2.75, 3.05) is 6.26 Å². The Balaban J connectivity index is 2.04. The molecule has 88 valence electrons. The lowest BCUT2D eigenvalue weighted by molar-refractivity contribution is 0.304. The number of ether oxygens (including phenoxy) is 1. The van der Waals surface area contributed by atoms with Crippen molar-refractivity contribution < 1.29 is 9.13 Å². The van der Waals surface area contributed by atoms with Crippen molar-refractivity contribution in [3.8, 4) is 5.75 Å². The van der Waals surface area contributed by atoms with Crippen LogP contribution in [0.25, 0.3) is 0 Å². The summed E-state index contributed by atoms with van der Waals surface area (Å²) < 4.78 is 18.9. The predicted molar refractivity (Wildman–Crippen MR) is 69.0 cm³/mol. The first kappa shape index (κ1) is 12.0. The van der Waals surface area contributed by atoms with E-state index in [0.29, 0.717) is 17.3 Å². The zero-order valence-corrected chi connectivity index (χ0v) is 10.3. The molecule has 0 aliphatic rings. The van der Waals surface area contributed by atoms with Crippen LogP contribution in [0.5, 0.6) is 5.75 Å². The Morgan fingerprint density at radius 3 is 2.59 bits per heavy atom. The summed E-state index contributed by atoms with van der Waals surface area (Å²) in [4.78, 5) is 0.607. The molecule has 0 aliphatic carbocycles. The molecule has 3 heteroatoms. The molecule has 0 aliphatic heterocycles. The van der Waals surface area contributed by atoms with E-state index in [4.69, 9.17) is 4.74 Å². The van der Waals surface area contributed by atoms with Gasteiger partial charge in [-0.2, -0.15) is 0 Å². The molecule has 0 radical (unpaired) electrons. The standard InChI is InChI=1S/C14H13FOS/c1-17-14-9-12(7-8-13(14)15)16-10-11-5-3-2-4-6-11/h2-9H,10H2,1H3. The van der Waals surface area contributed by atoms with E-state index in [9.17, 15) is 4.39 Å². The van der Waals surface area contributed by atoms with Gasteiger partial charge in [0.25, 0.3) is 0 Å². The minimum atomic E-state index is -0.204. The maximum Gasteiger partial charge on any atom is 0.137 e. The van der Waals surface area contributed by atoms with E-state index in [1.165, 1.54) is 17.8 Å². The van der Waals surface area contributed by atoms with Gasteiger partial charge in [0.1, 0.15) is 18.2 Å². The zero-order chi connectivity index (χ0) is 12.1. The van der Waals surface area contributed by atoms with Crippen molar-refractivity contribution in [3.63, 3.8) is 0 Å². The molecule has 0 spiro atoms. The molecular formula is C14H13FOS. The molecule has 0 heterocycles. The summed E-state index contributed by atoms with van der Waals surface area (Å²) in [6.07, 6.45) is 1.85. The first-order valence-electron chi connectivity index (χ1n) is 5.30. The Morgan fingerprint density at radius 1 is 1.12 bits per heavy atom. The van der Waals surface area contributed by atoms with Gasteiger partial charge < -0.3 is 4.74 Å². The number of thioether (sulfide) groups is 1. The average Bonchev–Trinajstić information content (AvgIpc) is 2.39. The van der Waals surface area contributed by atoms with Crippen molar-refractivity contribution in [1.29, 1.82) is 0 Å². The summed E-state index contributed by atoms with van der Waals surface area (Å²) >= 11 is 1.38. The van der Waals surface area contributed by atoms with Gasteiger partial charge in [0, 0.05) is 4.90 Å². The first-order chi connectivity index (χ1) is 8.29. The largest absolute Gasteiger partial charge is 0.489 e. The predicted octanol–water partition coefficient (Wildman–Crippen LogP) is 4.13. The fraction of sp³-hybridized carbons (Fsp3) is 0.143. The Hall–Kier alpha value is -1.48. The maximum absolute atomic E-state index is 13.3. The third-order valence-corrected chi connectivity index (χ3v) is 3.12. The van der Waals surface area contributed by atoms with E-state index in [1.54, 1.807) is 12.1 Å². The number of hydrogen-bond acceptors (Lipinski definition) is 2. The van der Waals surface area contributed by atoms with Gasteiger partial charge >= 0.3 is 0 Å². The lowest BCUT2D eigenvalue weighted by atomic mass is 10.2. The monoisotopic (exact) mass is 248 g/mol. The van der Waals surface area contributed by atoms with Crippen LogP contribution >= 0.6 is 11.8 Å². The Morgan fingerprint density at radius 2 is 1.88 bits per heavy atom. The first-order valence-corrected chi connectivity index (χ1v) is 6.52. The molecule has 17 heavy (non-hydrogen) atoms. The molecule has 2 rings (SSSR count). The number of hydrogen-bond donors (Lipinski definition) is 0. The van der Waals surface area contributed by atoms with Crippen LogP contribution in [0.15, 0.2) is 53.4 Å². The lowest BCUT2D eigenvalue weighted by Crippen LogP contribution is -1.95. The van der Waals surface area contributed by atoms with Crippen molar-refractivity contribution in [1.82, 2.24) is 0 Å². The number of benzene rings is 2. The van der Waals surface area contributed by atoms with Crippen molar-refractivity contribution in [3.05, 3.63) is 59.9 Å². The van der Waals surface area contributed by atoms with Crippen LogP contribution in [-0.4, -0.2) is 6.26 Å². The SMILES string of the molecule is CSc1cc(OCc2ccccc2)ccc1F. The van der Waals surface area contributed by atoms with Gasteiger partial charge in [-0.05, 0) is 30.0 Å². The third-order valence-electron chi connectivity index (χ3n) is 2.37. The van der Waals surface area contributed by atoms with Crippen LogP contribution < -0.4 is 4.74 Å². The van der Waals surface area contributed by atoms with E-state index < -0.39 is 0 Å². The van der Waals surface area contributed by atoms with E-state index in [-0.39, 0.29) is 5.82 Å². The normalized spacial score (nSPS) is 10.2. The molecule has 0 saturated heterocycles. The average molecular weight is 248 g/mol. The second-order valence-corrected chi connectivity index (χ2v) is 4.42. The summed E-state index contributed by atoms with van der Waals surface area (Å²) in [6, 6.07) is 14.7. The Labute approximate surface area is 105 Å². The smallest absolute Gasteiger partial charge is 0.137 e. The lowest BCUT2D eigenvalue weighted by Gasteiger charge is -2.07. The van der Waals surface area contributed by atoms with Gasteiger partial charge in [0.05, 0.1) is 0 Å². The van der Waals surface area contributed by atoms with Crippen LogP contribution in [-0.2, 0) is 6.61 Å². The summed E-state index contributed by atoms with van der Waals surface area (Å²) in [5.41, 5.74) is 1.10.